The van der Waals surface area contributed by atoms with Crippen molar-refractivity contribution in [1.82, 2.24) is 0 Å². The molecule has 9 heavy (non-hydrogen) atoms. The smallest absolute Gasteiger partial charge is 0.0229 e. The molecule has 0 heterocycles. The van der Waals surface area contributed by atoms with Gasteiger partial charge in [0.15, 0.2) is 0 Å². The molecule has 2 aliphatic carbocycles. The lowest BCUT2D eigenvalue weighted by molar-refractivity contribution is 0.484. The fraction of sp³-hybridized carbons (Fsp3) is 0.778. The van der Waals surface area contributed by atoms with Gasteiger partial charge in [0.2, 0.25) is 0 Å². The van der Waals surface area contributed by atoms with Crippen molar-refractivity contribution in [3.05, 3.63) is 11.6 Å². The summed E-state index contributed by atoms with van der Waals surface area (Å²) in [6.07, 6.45) is 8.21. The molecule has 0 heteroatoms. The van der Waals surface area contributed by atoms with Gasteiger partial charge in [0.1, 0.15) is 0 Å². The van der Waals surface area contributed by atoms with E-state index in [9.17, 15) is 0 Å². The predicted octanol–water partition coefficient (Wildman–Crippen LogP) is 2.75. The summed E-state index contributed by atoms with van der Waals surface area (Å²) >= 11 is 0. The van der Waals surface area contributed by atoms with Crippen molar-refractivity contribution in [2.45, 2.75) is 32.6 Å². The van der Waals surface area contributed by atoms with Crippen LogP contribution in [-0.2, 0) is 0 Å². The first-order valence-corrected chi connectivity index (χ1v) is 4.05. The van der Waals surface area contributed by atoms with Crippen LogP contribution >= 0.6 is 0 Å². The number of allylic oxidation sites excluding steroid dienone is 2. The van der Waals surface area contributed by atoms with E-state index >= 15 is 0 Å². The fourth-order valence-electron chi connectivity index (χ4n) is 2.28. The summed E-state index contributed by atoms with van der Waals surface area (Å²) < 4.78 is 0. The highest BCUT2D eigenvalue weighted by molar-refractivity contribution is 5.15. The first-order valence-electron chi connectivity index (χ1n) is 4.05. The Labute approximate surface area is 57.0 Å². The molecular formula is C9H14. The molecule has 0 aromatic rings. The minimum Gasteiger partial charge on any atom is -0.0850 e. The molecule has 2 bridgehead atoms. The van der Waals surface area contributed by atoms with Crippen molar-refractivity contribution in [2.75, 3.05) is 0 Å². The zero-order chi connectivity index (χ0) is 6.27. The number of fused-ring (bicyclic) bond motifs is 2. The van der Waals surface area contributed by atoms with Gasteiger partial charge in [-0.05, 0) is 37.5 Å². The maximum Gasteiger partial charge on any atom is -0.0229 e. The third kappa shape index (κ3) is 0.810. The molecule has 1 fully saturated rings. The van der Waals surface area contributed by atoms with Crippen LogP contribution in [0.3, 0.4) is 0 Å². The van der Waals surface area contributed by atoms with E-state index in [-0.39, 0.29) is 0 Å². The van der Waals surface area contributed by atoms with Gasteiger partial charge < -0.3 is 0 Å². The molecule has 2 aliphatic rings. The minimum atomic E-state index is 0.928. The molecule has 0 N–H and O–H groups in total. The fourth-order valence-corrected chi connectivity index (χ4v) is 2.28. The SMILES string of the molecule is CC1CC2CCC=C1C2. The Morgan fingerprint density at radius 1 is 1.56 bits per heavy atom. The molecule has 0 aliphatic heterocycles. The van der Waals surface area contributed by atoms with Crippen molar-refractivity contribution in [1.29, 1.82) is 0 Å². The molecule has 0 aromatic carbocycles. The van der Waals surface area contributed by atoms with E-state index in [1.165, 1.54) is 25.7 Å². The molecule has 0 aromatic heterocycles. The second-order valence-corrected chi connectivity index (χ2v) is 3.56. The molecule has 2 rings (SSSR count). The quantitative estimate of drug-likeness (QED) is 0.433. The molecule has 2 unspecified atom stereocenters. The highest BCUT2D eigenvalue weighted by Crippen LogP contribution is 2.41. The van der Waals surface area contributed by atoms with Gasteiger partial charge >= 0.3 is 0 Å². The summed E-state index contributed by atoms with van der Waals surface area (Å²) in [5.74, 6) is 2.00. The standard InChI is InChI=1S/C9H14/c1-7-5-8-3-2-4-9(7)6-8/h4,7-8H,2-3,5-6H2,1H3. The summed E-state index contributed by atoms with van der Waals surface area (Å²) in [6, 6.07) is 0. The maximum absolute atomic E-state index is 2.47. The van der Waals surface area contributed by atoms with Crippen molar-refractivity contribution in [2.24, 2.45) is 11.8 Å². The summed E-state index contributed by atoms with van der Waals surface area (Å²) in [5.41, 5.74) is 1.76. The summed E-state index contributed by atoms with van der Waals surface area (Å²) in [5, 5.41) is 0. The zero-order valence-electron chi connectivity index (χ0n) is 6.06. The van der Waals surface area contributed by atoms with Crippen LogP contribution < -0.4 is 0 Å². The highest BCUT2D eigenvalue weighted by atomic mass is 14.3. The van der Waals surface area contributed by atoms with E-state index in [1.54, 1.807) is 5.57 Å². The average molecular weight is 122 g/mol. The van der Waals surface area contributed by atoms with Gasteiger partial charge in [0, 0.05) is 0 Å². The van der Waals surface area contributed by atoms with Crippen LogP contribution in [0.5, 0.6) is 0 Å². The van der Waals surface area contributed by atoms with Crippen molar-refractivity contribution in [3.8, 4) is 0 Å². The molecule has 0 radical (unpaired) electrons. The minimum absolute atomic E-state index is 0.928. The topological polar surface area (TPSA) is 0 Å². The molecule has 50 valence electrons. The maximum atomic E-state index is 2.47. The average Bonchev–Trinajstić information content (AvgIpc) is 2.09. The van der Waals surface area contributed by atoms with Crippen molar-refractivity contribution < 1.29 is 0 Å². The molecule has 0 saturated heterocycles. The Morgan fingerprint density at radius 2 is 2.44 bits per heavy atom. The summed E-state index contributed by atoms with van der Waals surface area (Å²) in [7, 11) is 0. The third-order valence-corrected chi connectivity index (χ3v) is 2.83. The Bertz CT molecular complexity index is 144. The first-order chi connectivity index (χ1) is 4.36. The van der Waals surface area contributed by atoms with Gasteiger partial charge in [-0.25, -0.2) is 0 Å². The van der Waals surface area contributed by atoms with E-state index in [2.05, 4.69) is 13.0 Å². The Hall–Kier alpha value is -0.260. The lowest BCUT2D eigenvalue weighted by atomic mass is 9.97. The van der Waals surface area contributed by atoms with Gasteiger partial charge in [0.05, 0.1) is 0 Å². The number of hydrogen-bond acceptors (Lipinski definition) is 0. The monoisotopic (exact) mass is 122 g/mol. The molecule has 2 atom stereocenters. The Morgan fingerprint density at radius 3 is 3.11 bits per heavy atom. The highest BCUT2D eigenvalue weighted by Gasteiger charge is 2.27. The largest absolute Gasteiger partial charge is 0.0850 e. The van der Waals surface area contributed by atoms with E-state index in [0.717, 1.165) is 11.8 Å². The third-order valence-electron chi connectivity index (χ3n) is 2.83. The molecule has 1 saturated carbocycles. The van der Waals surface area contributed by atoms with Crippen LogP contribution in [0.15, 0.2) is 11.6 Å². The first kappa shape index (κ1) is 5.52. The van der Waals surface area contributed by atoms with Crippen molar-refractivity contribution >= 4 is 0 Å². The number of rotatable bonds is 0. The van der Waals surface area contributed by atoms with Crippen LogP contribution in [0.2, 0.25) is 0 Å². The number of hydrogen-bond donors (Lipinski definition) is 0. The van der Waals surface area contributed by atoms with Crippen LogP contribution in [0.25, 0.3) is 0 Å². The molecular weight excluding hydrogens is 108 g/mol. The van der Waals surface area contributed by atoms with Crippen molar-refractivity contribution in [3.63, 3.8) is 0 Å². The molecule has 0 amide bonds. The summed E-state index contributed by atoms with van der Waals surface area (Å²) in [6.45, 7) is 2.37. The van der Waals surface area contributed by atoms with Crippen LogP contribution in [0, 0.1) is 11.8 Å². The summed E-state index contributed by atoms with van der Waals surface area (Å²) in [4.78, 5) is 0. The second-order valence-electron chi connectivity index (χ2n) is 3.56. The normalized spacial score (nSPS) is 40.8. The van der Waals surface area contributed by atoms with Crippen LogP contribution in [0.4, 0.5) is 0 Å². The predicted molar refractivity (Wildman–Crippen MR) is 39.2 cm³/mol. The second kappa shape index (κ2) is 1.86. The van der Waals surface area contributed by atoms with E-state index < -0.39 is 0 Å². The van der Waals surface area contributed by atoms with Gasteiger partial charge in [-0.3, -0.25) is 0 Å². The lowest BCUT2D eigenvalue weighted by Crippen LogP contribution is -1.94. The lowest BCUT2D eigenvalue weighted by Gasteiger charge is -2.09. The van der Waals surface area contributed by atoms with Crippen LogP contribution in [0.1, 0.15) is 32.6 Å². The van der Waals surface area contributed by atoms with E-state index in [1.807, 2.05) is 0 Å². The van der Waals surface area contributed by atoms with Gasteiger partial charge in [-0.15, -0.1) is 0 Å². The van der Waals surface area contributed by atoms with Crippen LogP contribution in [-0.4, -0.2) is 0 Å². The van der Waals surface area contributed by atoms with E-state index in [0.29, 0.717) is 0 Å². The molecule has 0 nitrogen and oxygen atoms in total. The van der Waals surface area contributed by atoms with Gasteiger partial charge in [-0.2, -0.15) is 0 Å². The van der Waals surface area contributed by atoms with E-state index in [4.69, 9.17) is 0 Å². The Balaban J connectivity index is 2.24. The zero-order valence-corrected chi connectivity index (χ0v) is 6.06. The van der Waals surface area contributed by atoms with Gasteiger partial charge in [-0.1, -0.05) is 18.6 Å². The Kier molecular flexibility index (Phi) is 1.14. The molecule has 0 spiro atoms. The van der Waals surface area contributed by atoms with Gasteiger partial charge in [0.25, 0.3) is 0 Å².